The summed E-state index contributed by atoms with van der Waals surface area (Å²) in [6.45, 7) is 0. The summed E-state index contributed by atoms with van der Waals surface area (Å²) in [5.74, 6) is 1.48. The predicted molar refractivity (Wildman–Crippen MR) is 100 cm³/mol. The smallest absolute Gasteiger partial charge is 0.332 e. The van der Waals surface area contributed by atoms with Crippen molar-refractivity contribution in [3.8, 4) is 11.5 Å². The molecule has 2 aromatic carbocycles. The average Bonchev–Trinajstić information content (AvgIpc) is 3.13. The van der Waals surface area contributed by atoms with E-state index in [1.807, 2.05) is 53.1 Å². The van der Waals surface area contributed by atoms with Gasteiger partial charge in [-0.3, -0.25) is 13.9 Å². The van der Waals surface area contributed by atoms with Gasteiger partial charge in [-0.2, -0.15) is 0 Å². The maximum Gasteiger partial charge on any atom is 0.332 e. The molecule has 134 valence electrons. The van der Waals surface area contributed by atoms with Gasteiger partial charge in [-0.1, -0.05) is 36.4 Å². The number of benzene rings is 2. The molecule has 0 fully saturated rings. The molecule has 7 heteroatoms. The Balaban J connectivity index is 1.90. The van der Waals surface area contributed by atoms with Crippen molar-refractivity contribution in [3.05, 3.63) is 86.8 Å². The van der Waals surface area contributed by atoms with Crippen LogP contribution in [-0.4, -0.2) is 18.7 Å². The van der Waals surface area contributed by atoms with Crippen molar-refractivity contribution >= 4 is 11.2 Å². The lowest BCUT2D eigenvalue weighted by Gasteiger charge is -2.29. The summed E-state index contributed by atoms with van der Waals surface area (Å²) >= 11 is 0. The Bertz CT molecular complexity index is 1280. The fourth-order valence-corrected chi connectivity index (χ4v) is 3.74. The minimum Gasteiger partial charge on any atom is -0.457 e. The molecule has 1 aliphatic rings. The standard InChI is InChI=1S/C20H16N4O3/c1-22-18-17(19(25)23(2)20(22)26)24(11-21-18)16-12-7-3-5-9-14(12)27-15-10-6-4-8-13(15)16/h3-11,16H,1-2H3. The van der Waals surface area contributed by atoms with E-state index in [1.54, 1.807) is 13.4 Å². The SMILES string of the molecule is Cn1c(=O)c2c(ncn2C2c3ccccc3Oc3ccccc32)n(C)c1=O. The van der Waals surface area contributed by atoms with Crippen molar-refractivity contribution < 1.29 is 4.74 Å². The molecule has 0 unspecified atom stereocenters. The van der Waals surface area contributed by atoms with Crippen LogP contribution in [0.5, 0.6) is 11.5 Å². The van der Waals surface area contributed by atoms with Crippen LogP contribution in [0, 0.1) is 0 Å². The molecule has 4 aromatic rings. The van der Waals surface area contributed by atoms with Crippen LogP contribution in [0.4, 0.5) is 0 Å². The van der Waals surface area contributed by atoms with Crippen LogP contribution >= 0.6 is 0 Å². The summed E-state index contributed by atoms with van der Waals surface area (Å²) in [7, 11) is 3.10. The molecule has 5 rings (SSSR count). The quantitative estimate of drug-likeness (QED) is 0.459. The fourth-order valence-electron chi connectivity index (χ4n) is 3.74. The molecule has 0 saturated heterocycles. The van der Waals surface area contributed by atoms with Crippen molar-refractivity contribution in [1.82, 2.24) is 18.7 Å². The Morgan fingerprint density at radius 2 is 1.48 bits per heavy atom. The van der Waals surface area contributed by atoms with Gasteiger partial charge < -0.3 is 9.30 Å². The number of imidazole rings is 1. The van der Waals surface area contributed by atoms with E-state index in [9.17, 15) is 9.59 Å². The van der Waals surface area contributed by atoms with E-state index in [2.05, 4.69) is 4.98 Å². The second-order valence-corrected chi connectivity index (χ2v) is 6.61. The number of aromatic nitrogens is 4. The van der Waals surface area contributed by atoms with E-state index in [1.165, 1.54) is 11.6 Å². The van der Waals surface area contributed by atoms with Gasteiger partial charge in [0.15, 0.2) is 11.2 Å². The second kappa shape index (κ2) is 5.44. The highest BCUT2D eigenvalue weighted by atomic mass is 16.5. The Labute approximate surface area is 153 Å². The van der Waals surface area contributed by atoms with Gasteiger partial charge in [-0.15, -0.1) is 0 Å². The Morgan fingerprint density at radius 1 is 0.889 bits per heavy atom. The molecule has 2 aromatic heterocycles. The van der Waals surface area contributed by atoms with Crippen LogP contribution in [0.2, 0.25) is 0 Å². The topological polar surface area (TPSA) is 71.0 Å². The number of para-hydroxylation sites is 2. The van der Waals surface area contributed by atoms with Gasteiger partial charge in [-0.05, 0) is 12.1 Å². The number of fused-ring (bicyclic) bond motifs is 3. The lowest BCUT2D eigenvalue weighted by molar-refractivity contribution is 0.436. The molecule has 0 amide bonds. The highest BCUT2D eigenvalue weighted by molar-refractivity contribution is 5.71. The van der Waals surface area contributed by atoms with Crippen LogP contribution in [0.1, 0.15) is 17.2 Å². The summed E-state index contributed by atoms with van der Waals surface area (Å²) in [5.41, 5.74) is 1.86. The first-order chi connectivity index (χ1) is 13.1. The van der Waals surface area contributed by atoms with Crippen LogP contribution in [0.25, 0.3) is 11.2 Å². The largest absolute Gasteiger partial charge is 0.457 e. The maximum atomic E-state index is 12.9. The number of hydrogen-bond acceptors (Lipinski definition) is 4. The zero-order chi connectivity index (χ0) is 18.7. The Hall–Kier alpha value is -3.61. The molecule has 0 saturated carbocycles. The van der Waals surface area contributed by atoms with E-state index in [0.29, 0.717) is 11.2 Å². The average molecular weight is 360 g/mol. The third kappa shape index (κ3) is 2.05. The van der Waals surface area contributed by atoms with Crippen LogP contribution in [0.3, 0.4) is 0 Å². The van der Waals surface area contributed by atoms with E-state index < -0.39 is 5.69 Å². The molecule has 0 atom stereocenters. The summed E-state index contributed by atoms with van der Waals surface area (Å²) in [4.78, 5) is 29.5. The van der Waals surface area contributed by atoms with Gasteiger partial charge in [0.25, 0.3) is 5.56 Å². The molecule has 27 heavy (non-hydrogen) atoms. The molecular formula is C20H16N4O3. The van der Waals surface area contributed by atoms with Gasteiger partial charge >= 0.3 is 5.69 Å². The van der Waals surface area contributed by atoms with Crippen LogP contribution in [0.15, 0.2) is 64.4 Å². The van der Waals surface area contributed by atoms with Gasteiger partial charge in [0.1, 0.15) is 11.5 Å². The van der Waals surface area contributed by atoms with Crippen molar-refractivity contribution in [1.29, 1.82) is 0 Å². The number of ether oxygens (including phenoxy) is 1. The van der Waals surface area contributed by atoms with Crippen molar-refractivity contribution in [2.45, 2.75) is 6.04 Å². The van der Waals surface area contributed by atoms with Gasteiger partial charge in [0.05, 0.1) is 12.4 Å². The lowest BCUT2D eigenvalue weighted by Crippen LogP contribution is -2.38. The molecule has 1 aliphatic heterocycles. The highest BCUT2D eigenvalue weighted by Gasteiger charge is 2.30. The first kappa shape index (κ1) is 15.6. The Kier molecular flexibility index (Phi) is 3.15. The van der Waals surface area contributed by atoms with Crippen molar-refractivity contribution in [3.63, 3.8) is 0 Å². The van der Waals surface area contributed by atoms with Crippen LogP contribution < -0.4 is 16.0 Å². The molecule has 0 bridgehead atoms. The van der Waals surface area contributed by atoms with E-state index in [4.69, 9.17) is 4.74 Å². The molecule has 0 radical (unpaired) electrons. The summed E-state index contributed by atoms with van der Waals surface area (Å²) < 4.78 is 10.4. The third-order valence-corrected chi connectivity index (χ3v) is 5.10. The predicted octanol–water partition coefficient (Wildman–Crippen LogP) is 2.18. The molecular weight excluding hydrogens is 344 g/mol. The first-order valence-electron chi connectivity index (χ1n) is 8.56. The minimum absolute atomic E-state index is 0.277. The van der Waals surface area contributed by atoms with E-state index in [-0.39, 0.29) is 11.6 Å². The van der Waals surface area contributed by atoms with Gasteiger partial charge in [0.2, 0.25) is 0 Å². The fraction of sp³-hybridized carbons (Fsp3) is 0.150. The number of hydrogen-bond donors (Lipinski definition) is 0. The lowest BCUT2D eigenvalue weighted by atomic mass is 9.94. The summed E-state index contributed by atoms with van der Waals surface area (Å²) in [6.07, 6.45) is 1.62. The third-order valence-electron chi connectivity index (χ3n) is 5.10. The Morgan fingerprint density at radius 3 is 2.11 bits per heavy atom. The molecule has 7 nitrogen and oxygen atoms in total. The number of aryl methyl sites for hydroxylation is 1. The second-order valence-electron chi connectivity index (χ2n) is 6.61. The zero-order valence-electron chi connectivity index (χ0n) is 14.8. The first-order valence-corrected chi connectivity index (χ1v) is 8.56. The van der Waals surface area contributed by atoms with E-state index in [0.717, 1.165) is 27.2 Å². The van der Waals surface area contributed by atoms with Crippen molar-refractivity contribution in [2.75, 3.05) is 0 Å². The van der Waals surface area contributed by atoms with Crippen LogP contribution in [-0.2, 0) is 14.1 Å². The molecule has 0 spiro atoms. The van der Waals surface area contributed by atoms with Gasteiger partial charge in [-0.25, -0.2) is 9.78 Å². The molecule has 0 aliphatic carbocycles. The molecule has 0 N–H and O–H groups in total. The number of rotatable bonds is 1. The number of nitrogens with zero attached hydrogens (tertiary/aromatic N) is 4. The van der Waals surface area contributed by atoms with E-state index >= 15 is 0 Å². The summed E-state index contributed by atoms with van der Waals surface area (Å²) in [5, 5.41) is 0. The molecule has 3 heterocycles. The minimum atomic E-state index is -0.398. The highest BCUT2D eigenvalue weighted by Crippen LogP contribution is 2.44. The maximum absolute atomic E-state index is 12.9. The summed E-state index contributed by atoms with van der Waals surface area (Å²) in [6, 6.07) is 15.2. The normalized spacial score (nSPS) is 13.3. The monoisotopic (exact) mass is 360 g/mol. The zero-order valence-corrected chi connectivity index (χ0v) is 14.8. The van der Waals surface area contributed by atoms with Gasteiger partial charge in [0, 0.05) is 25.2 Å². The van der Waals surface area contributed by atoms with Crippen molar-refractivity contribution in [2.24, 2.45) is 14.1 Å².